The molecule has 2 rings (SSSR count). The van der Waals surface area contributed by atoms with E-state index in [0.29, 0.717) is 17.6 Å². The van der Waals surface area contributed by atoms with Crippen molar-refractivity contribution in [2.45, 2.75) is 70.6 Å². The van der Waals surface area contributed by atoms with E-state index in [1.165, 1.54) is 25.7 Å². The Bertz CT molecular complexity index is 236. The fourth-order valence-corrected chi connectivity index (χ4v) is 3.64. The second-order valence-corrected chi connectivity index (χ2v) is 5.76. The minimum Gasteiger partial charge on any atom is -0.393 e. The van der Waals surface area contributed by atoms with Gasteiger partial charge in [0.1, 0.15) is 0 Å². The highest BCUT2D eigenvalue weighted by Crippen LogP contribution is 2.54. The summed E-state index contributed by atoms with van der Waals surface area (Å²) in [7, 11) is 0. The molecule has 3 unspecified atom stereocenters. The van der Waals surface area contributed by atoms with Gasteiger partial charge >= 0.3 is 0 Å². The molecule has 3 heteroatoms. The smallest absolute Gasteiger partial charge is 0.0661 e. The lowest BCUT2D eigenvalue weighted by molar-refractivity contribution is -0.130. The van der Waals surface area contributed by atoms with Crippen LogP contribution in [-0.4, -0.2) is 36.5 Å². The van der Waals surface area contributed by atoms with Gasteiger partial charge in [-0.05, 0) is 46.1 Å². The monoisotopic (exact) mass is 241 g/mol. The number of hydrogen-bond donors (Lipinski definition) is 2. The van der Waals surface area contributed by atoms with E-state index in [2.05, 4.69) is 12.2 Å². The second-order valence-electron chi connectivity index (χ2n) is 5.76. The van der Waals surface area contributed by atoms with Crippen LogP contribution < -0.4 is 5.32 Å². The quantitative estimate of drug-likeness (QED) is 0.748. The van der Waals surface area contributed by atoms with E-state index in [4.69, 9.17) is 4.74 Å². The van der Waals surface area contributed by atoms with Gasteiger partial charge in [-0.1, -0.05) is 12.8 Å². The first-order chi connectivity index (χ1) is 8.19. The van der Waals surface area contributed by atoms with Crippen LogP contribution in [-0.2, 0) is 4.74 Å². The predicted molar refractivity (Wildman–Crippen MR) is 69.0 cm³/mol. The van der Waals surface area contributed by atoms with E-state index in [0.717, 1.165) is 26.0 Å². The molecule has 2 aliphatic rings. The normalized spacial score (nSPS) is 32.6. The van der Waals surface area contributed by atoms with Crippen LogP contribution in [0, 0.1) is 5.41 Å². The topological polar surface area (TPSA) is 41.5 Å². The standard InChI is InChI=1S/C14H27NO2/c1-3-17-13-10-12(15-9-6-11(2)16)14(13)7-4-5-8-14/h11-13,15-16H,3-10H2,1-2H3. The minimum atomic E-state index is -0.190. The Morgan fingerprint density at radius 3 is 2.71 bits per heavy atom. The van der Waals surface area contributed by atoms with Gasteiger partial charge < -0.3 is 15.2 Å². The molecule has 2 N–H and O–H groups in total. The van der Waals surface area contributed by atoms with Crippen LogP contribution in [0.2, 0.25) is 0 Å². The molecule has 0 heterocycles. The molecule has 0 amide bonds. The molecule has 0 aromatic heterocycles. The zero-order valence-electron chi connectivity index (χ0n) is 11.2. The van der Waals surface area contributed by atoms with Gasteiger partial charge in [0.25, 0.3) is 0 Å². The van der Waals surface area contributed by atoms with Crippen LogP contribution in [0.3, 0.4) is 0 Å². The van der Waals surface area contributed by atoms with E-state index >= 15 is 0 Å². The highest BCUT2D eigenvalue weighted by molar-refractivity contribution is 5.09. The number of nitrogens with one attached hydrogen (secondary N) is 1. The summed E-state index contributed by atoms with van der Waals surface area (Å²) in [6.45, 7) is 5.73. The Balaban J connectivity index is 1.82. The maximum absolute atomic E-state index is 9.28. The van der Waals surface area contributed by atoms with Gasteiger partial charge in [0, 0.05) is 18.1 Å². The summed E-state index contributed by atoms with van der Waals surface area (Å²) in [4.78, 5) is 0. The van der Waals surface area contributed by atoms with Gasteiger partial charge in [0.2, 0.25) is 0 Å². The van der Waals surface area contributed by atoms with E-state index in [1.807, 2.05) is 6.92 Å². The average molecular weight is 241 g/mol. The molecule has 100 valence electrons. The van der Waals surface area contributed by atoms with Crippen molar-refractivity contribution in [2.24, 2.45) is 5.41 Å². The third-order valence-electron chi connectivity index (χ3n) is 4.64. The first kappa shape index (κ1) is 13.3. The van der Waals surface area contributed by atoms with Crippen molar-refractivity contribution in [1.82, 2.24) is 5.32 Å². The lowest BCUT2D eigenvalue weighted by atomic mass is 9.60. The highest BCUT2D eigenvalue weighted by atomic mass is 16.5. The Labute approximate surface area is 105 Å². The Kier molecular flexibility index (Phi) is 4.45. The molecular weight excluding hydrogens is 214 g/mol. The van der Waals surface area contributed by atoms with Crippen LogP contribution in [0.5, 0.6) is 0 Å². The summed E-state index contributed by atoms with van der Waals surface area (Å²) in [6.07, 6.45) is 7.67. The Morgan fingerprint density at radius 2 is 2.12 bits per heavy atom. The van der Waals surface area contributed by atoms with Crippen LogP contribution in [0.4, 0.5) is 0 Å². The third-order valence-corrected chi connectivity index (χ3v) is 4.64. The van der Waals surface area contributed by atoms with E-state index < -0.39 is 0 Å². The second kappa shape index (κ2) is 5.68. The molecule has 2 aliphatic carbocycles. The largest absolute Gasteiger partial charge is 0.393 e. The Hall–Kier alpha value is -0.120. The van der Waals surface area contributed by atoms with E-state index in [1.54, 1.807) is 0 Å². The van der Waals surface area contributed by atoms with Gasteiger partial charge in [-0.15, -0.1) is 0 Å². The third kappa shape index (κ3) is 2.67. The SMILES string of the molecule is CCOC1CC(NCCC(C)O)C12CCCC2. The van der Waals surface area contributed by atoms with Crippen LogP contribution in [0.25, 0.3) is 0 Å². The van der Waals surface area contributed by atoms with Crippen LogP contribution in [0.15, 0.2) is 0 Å². The number of aliphatic hydroxyl groups is 1. The average Bonchev–Trinajstić information content (AvgIpc) is 2.78. The maximum Gasteiger partial charge on any atom is 0.0661 e. The van der Waals surface area contributed by atoms with Gasteiger partial charge in [-0.3, -0.25) is 0 Å². The zero-order chi connectivity index (χ0) is 12.3. The van der Waals surface area contributed by atoms with Gasteiger partial charge in [-0.25, -0.2) is 0 Å². The first-order valence-electron chi connectivity index (χ1n) is 7.22. The maximum atomic E-state index is 9.28. The van der Waals surface area contributed by atoms with E-state index in [9.17, 15) is 5.11 Å². The summed E-state index contributed by atoms with van der Waals surface area (Å²) < 4.78 is 5.88. The molecule has 0 aromatic rings. The molecular formula is C14H27NO2. The summed E-state index contributed by atoms with van der Waals surface area (Å²) in [5.74, 6) is 0. The molecule has 2 fully saturated rings. The van der Waals surface area contributed by atoms with Crippen molar-refractivity contribution < 1.29 is 9.84 Å². The molecule has 1 spiro atoms. The van der Waals surface area contributed by atoms with Crippen LogP contribution in [0.1, 0.15) is 52.4 Å². The van der Waals surface area contributed by atoms with Gasteiger partial charge in [0.05, 0.1) is 12.2 Å². The van der Waals surface area contributed by atoms with Gasteiger partial charge in [-0.2, -0.15) is 0 Å². The molecule has 3 atom stereocenters. The summed E-state index contributed by atoms with van der Waals surface area (Å²) >= 11 is 0. The lowest BCUT2D eigenvalue weighted by Crippen LogP contribution is -2.62. The Morgan fingerprint density at radius 1 is 1.41 bits per heavy atom. The summed E-state index contributed by atoms with van der Waals surface area (Å²) in [6, 6.07) is 0.625. The molecule has 0 bridgehead atoms. The number of hydrogen-bond acceptors (Lipinski definition) is 3. The van der Waals surface area contributed by atoms with Crippen molar-refractivity contribution >= 4 is 0 Å². The molecule has 2 saturated carbocycles. The number of rotatable bonds is 6. The first-order valence-corrected chi connectivity index (χ1v) is 7.22. The summed E-state index contributed by atoms with van der Waals surface area (Å²) in [5.41, 5.74) is 0.425. The van der Waals surface area contributed by atoms with Crippen molar-refractivity contribution in [3.8, 4) is 0 Å². The highest BCUT2D eigenvalue weighted by Gasteiger charge is 2.56. The number of aliphatic hydroxyl groups excluding tert-OH is 1. The number of ether oxygens (including phenoxy) is 1. The zero-order valence-corrected chi connectivity index (χ0v) is 11.2. The predicted octanol–water partition coefficient (Wildman–Crippen LogP) is 2.08. The molecule has 0 aliphatic heterocycles. The minimum absolute atomic E-state index is 0.190. The van der Waals surface area contributed by atoms with Crippen LogP contribution >= 0.6 is 0 Å². The van der Waals surface area contributed by atoms with Crippen molar-refractivity contribution in [1.29, 1.82) is 0 Å². The van der Waals surface area contributed by atoms with Gasteiger partial charge in [0.15, 0.2) is 0 Å². The fourth-order valence-electron chi connectivity index (χ4n) is 3.64. The lowest BCUT2D eigenvalue weighted by Gasteiger charge is -2.54. The fraction of sp³-hybridized carbons (Fsp3) is 1.00. The molecule has 0 radical (unpaired) electrons. The van der Waals surface area contributed by atoms with E-state index in [-0.39, 0.29) is 6.10 Å². The summed E-state index contributed by atoms with van der Waals surface area (Å²) in [5, 5.41) is 12.9. The van der Waals surface area contributed by atoms with Crippen molar-refractivity contribution in [3.63, 3.8) is 0 Å². The molecule has 3 nitrogen and oxygen atoms in total. The molecule has 0 aromatic carbocycles. The van der Waals surface area contributed by atoms with Crippen molar-refractivity contribution in [3.05, 3.63) is 0 Å². The van der Waals surface area contributed by atoms with Crippen molar-refractivity contribution in [2.75, 3.05) is 13.2 Å². The molecule has 0 saturated heterocycles. The molecule has 17 heavy (non-hydrogen) atoms.